The van der Waals surface area contributed by atoms with E-state index >= 15 is 0 Å². The third-order valence-corrected chi connectivity index (χ3v) is 3.58. The molecule has 0 unspecified atom stereocenters. The summed E-state index contributed by atoms with van der Waals surface area (Å²) in [5, 5.41) is 11.0. The van der Waals surface area contributed by atoms with E-state index in [1.54, 1.807) is 11.0 Å². The van der Waals surface area contributed by atoms with Gasteiger partial charge < -0.3 is 15.1 Å². The molecule has 0 radical (unpaired) electrons. The van der Waals surface area contributed by atoms with Crippen molar-refractivity contribution in [2.45, 2.75) is 18.9 Å². The van der Waals surface area contributed by atoms with Crippen LogP contribution in [0.4, 0.5) is 5.82 Å². The molecule has 0 bridgehead atoms. The number of nitrogens with one attached hydrogen (secondary N) is 1. The number of hydrogen-bond acceptors (Lipinski definition) is 5. The number of hydrogen-bond donors (Lipinski definition) is 1. The first kappa shape index (κ1) is 12.8. The average molecular weight is 275 g/mol. The molecule has 1 aliphatic carbocycles. The second-order valence-electron chi connectivity index (χ2n) is 5.15. The molecule has 106 valence electrons. The van der Waals surface area contributed by atoms with Gasteiger partial charge in [0.05, 0.1) is 0 Å². The summed E-state index contributed by atoms with van der Waals surface area (Å²) in [5.74, 6) is 0.593. The highest BCUT2D eigenvalue weighted by Crippen LogP contribution is 2.19. The van der Waals surface area contributed by atoms with E-state index in [9.17, 15) is 9.59 Å². The first-order chi connectivity index (χ1) is 9.76. The highest BCUT2D eigenvalue weighted by atomic mass is 16.2. The van der Waals surface area contributed by atoms with Crippen LogP contribution in [0.3, 0.4) is 0 Å². The Morgan fingerprint density at radius 3 is 2.50 bits per heavy atom. The fourth-order valence-electron chi connectivity index (χ4n) is 2.16. The quantitative estimate of drug-likeness (QED) is 0.760. The van der Waals surface area contributed by atoms with E-state index in [0.29, 0.717) is 24.8 Å². The monoisotopic (exact) mass is 275 g/mol. The third-order valence-electron chi connectivity index (χ3n) is 3.58. The third kappa shape index (κ3) is 2.87. The van der Waals surface area contributed by atoms with Crippen molar-refractivity contribution in [2.75, 3.05) is 31.1 Å². The molecule has 1 aliphatic heterocycles. The number of anilines is 1. The summed E-state index contributed by atoms with van der Waals surface area (Å²) in [6.07, 6.45) is 2.98. The molecule has 2 fully saturated rings. The Balaban J connectivity index is 1.60. The van der Waals surface area contributed by atoms with Crippen LogP contribution in [0.1, 0.15) is 23.3 Å². The van der Waals surface area contributed by atoms with Crippen molar-refractivity contribution in [1.29, 1.82) is 0 Å². The minimum atomic E-state index is -0.155. The van der Waals surface area contributed by atoms with E-state index in [2.05, 4.69) is 20.4 Å². The molecule has 0 aromatic carbocycles. The Hall–Kier alpha value is -2.18. The zero-order valence-corrected chi connectivity index (χ0v) is 11.2. The number of amides is 2. The molecule has 1 aromatic rings. The fourth-order valence-corrected chi connectivity index (χ4v) is 2.16. The van der Waals surface area contributed by atoms with Crippen molar-refractivity contribution in [1.82, 2.24) is 20.4 Å². The Bertz CT molecular complexity index is 492. The van der Waals surface area contributed by atoms with Crippen LogP contribution in [-0.4, -0.2) is 59.6 Å². The lowest BCUT2D eigenvalue weighted by molar-refractivity contribution is -0.118. The Morgan fingerprint density at radius 2 is 1.95 bits per heavy atom. The molecule has 0 atom stereocenters. The van der Waals surface area contributed by atoms with Crippen LogP contribution in [-0.2, 0) is 4.79 Å². The van der Waals surface area contributed by atoms with Gasteiger partial charge in [0.15, 0.2) is 11.5 Å². The molecule has 1 aromatic heterocycles. The second kappa shape index (κ2) is 5.44. The zero-order chi connectivity index (χ0) is 13.9. The number of nitrogens with zero attached hydrogens (tertiary/aromatic N) is 4. The molecule has 1 N–H and O–H groups in total. The van der Waals surface area contributed by atoms with Gasteiger partial charge in [0.2, 0.25) is 6.41 Å². The summed E-state index contributed by atoms with van der Waals surface area (Å²) < 4.78 is 0. The first-order valence-corrected chi connectivity index (χ1v) is 6.85. The molecule has 20 heavy (non-hydrogen) atoms. The standard InChI is InChI=1S/C13H17N5O2/c19-9-17-5-7-18(8-6-17)12-4-3-11(15-16-12)13(20)14-10-1-2-10/h3-4,9-10H,1-2,5-8H2,(H,14,20). The molecular formula is C13H17N5O2. The van der Waals surface area contributed by atoms with Gasteiger partial charge in [0.1, 0.15) is 0 Å². The smallest absolute Gasteiger partial charge is 0.272 e. The average Bonchev–Trinajstić information content (AvgIpc) is 3.31. The predicted octanol–water partition coefficient (Wildman–Crippen LogP) is -0.353. The van der Waals surface area contributed by atoms with Gasteiger partial charge in [-0.05, 0) is 25.0 Å². The van der Waals surface area contributed by atoms with Crippen LogP contribution in [0, 0.1) is 0 Å². The van der Waals surface area contributed by atoms with E-state index in [1.165, 1.54) is 0 Å². The largest absolute Gasteiger partial charge is 0.352 e. The number of piperazine rings is 1. The molecule has 1 saturated carbocycles. The van der Waals surface area contributed by atoms with E-state index in [1.807, 2.05) is 6.07 Å². The van der Waals surface area contributed by atoms with Crippen molar-refractivity contribution in [3.05, 3.63) is 17.8 Å². The maximum Gasteiger partial charge on any atom is 0.272 e. The van der Waals surface area contributed by atoms with Gasteiger partial charge in [0.25, 0.3) is 5.91 Å². The second-order valence-corrected chi connectivity index (χ2v) is 5.15. The maximum atomic E-state index is 11.8. The molecule has 7 heteroatoms. The minimum Gasteiger partial charge on any atom is -0.352 e. The van der Waals surface area contributed by atoms with Gasteiger partial charge in [-0.2, -0.15) is 0 Å². The Kier molecular flexibility index (Phi) is 3.49. The lowest BCUT2D eigenvalue weighted by Crippen LogP contribution is -2.46. The van der Waals surface area contributed by atoms with Crippen molar-refractivity contribution in [2.24, 2.45) is 0 Å². The van der Waals surface area contributed by atoms with E-state index in [-0.39, 0.29) is 5.91 Å². The first-order valence-electron chi connectivity index (χ1n) is 6.85. The predicted molar refractivity (Wildman–Crippen MR) is 72.4 cm³/mol. The summed E-state index contributed by atoms with van der Waals surface area (Å²) in [4.78, 5) is 26.2. The van der Waals surface area contributed by atoms with Crippen LogP contribution in [0.25, 0.3) is 0 Å². The highest BCUT2D eigenvalue weighted by Gasteiger charge is 2.24. The van der Waals surface area contributed by atoms with Crippen LogP contribution in [0.5, 0.6) is 0 Å². The highest BCUT2D eigenvalue weighted by molar-refractivity contribution is 5.92. The fraction of sp³-hybridized carbons (Fsp3) is 0.538. The molecule has 7 nitrogen and oxygen atoms in total. The number of carbonyl (C=O) groups excluding carboxylic acids is 2. The molecule has 2 amide bonds. The van der Waals surface area contributed by atoms with Gasteiger partial charge in [-0.25, -0.2) is 0 Å². The van der Waals surface area contributed by atoms with Crippen LogP contribution >= 0.6 is 0 Å². The van der Waals surface area contributed by atoms with E-state index in [0.717, 1.165) is 38.2 Å². The Labute approximate surface area is 117 Å². The molecule has 2 aliphatic rings. The van der Waals surface area contributed by atoms with Crippen molar-refractivity contribution < 1.29 is 9.59 Å². The molecule has 3 rings (SSSR count). The van der Waals surface area contributed by atoms with Gasteiger partial charge in [0, 0.05) is 32.2 Å². The molecule has 0 spiro atoms. The zero-order valence-electron chi connectivity index (χ0n) is 11.2. The summed E-state index contributed by atoms with van der Waals surface area (Å²) in [7, 11) is 0. The normalized spacial score (nSPS) is 18.8. The van der Waals surface area contributed by atoms with Crippen LogP contribution in [0.2, 0.25) is 0 Å². The number of rotatable bonds is 4. The minimum absolute atomic E-state index is 0.155. The van der Waals surface area contributed by atoms with Crippen molar-refractivity contribution in [3.8, 4) is 0 Å². The summed E-state index contributed by atoms with van der Waals surface area (Å²) in [5.41, 5.74) is 0.354. The van der Waals surface area contributed by atoms with E-state index in [4.69, 9.17) is 0 Å². The molecule has 1 saturated heterocycles. The van der Waals surface area contributed by atoms with E-state index < -0.39 is 0 Å². The molecular weight excluding hydrogens is 258 g/mol. The SMILES string of the molecule is O=CN1CCN(c2ccc(C(=O)NC3CC3)nn2)CC1. The van der Waals surface area contributed by atoms with Gasteiger partial charge >= 0.3 is 0 Å². The van der Waals surface area contributed by atoms with Gasteiger partial charge in [-0.15, -0.1) is 10.2 Å². The van der Waals surface area contributed by atoms with Crippen molar-refractivity contribution >= 4 is 18.1 Å². The van der Waals surface area contributed by atoms with Gasteiger partial charge in [-0.3, -0.25) is 9.59 Å². The topological polar surface area (TPSA) is 78.4 Å². The van der Waals surface area contributed by atoms with Crippen molar-refractivity contribution in [3.63, 3.8) is 0 Å². The lowest BCUT2D eigenvalue weighted by atomic mass is 10.3. The van der Waals surface area contributed by atoms with Gasteiger partial charge in [-0.1, -0.05) is 0 Å². The van der Waals surface area contributed by atoms with Crippen LogP contribution in [0.15, 0.2) is 12.1 Å². The lowest BCUT2D eigenvalue weighted by Gasteiger charge is -2.32. The maximum absolute atomic E-state index is 11.8. The Morgan fingerprint density at radius 1 is 1.20 bits per heavy atom. The number of carbonyl (C=O) groups is 2. The van der Waals surface area contributed by atoms with Crippen LogP contribution < -0.4 is 10.2 Å². The summed E-state index contributed by atoms with van der Waals surface area (Å²) in [6.45, 7) is 2.85. The molecule has 2 heterocycles. The summed E-state index contributed by atoms with van der Waals surface area (Å²) in [6, 6.07) is 3.83. The summed E-state index contributed by atoms with van der Waals surface area (Å²) >= 11 is 0. The number of aromatic nitrogens is 2.